The van der Waals surface area contributed by atoms with Crippen LogP contribution in [0.1, 0.15) is 25.2 Å². The highest BCUT2D eigenvalue weighted by Crippen LogP contribution is 2.25. The molecule has 0 aliphatic rings. The Morgan fingerprint density at radius 1 is 1.11 bits per heavy atom. The highest BCUT2D eigenvalue weighted by molar-refractivity contribution is 6.29. The zero-order chi connectivity index (χ0) is 13.8. The summed E-state index contributed by atoms with van der Waals surface area (Å²) >= 11 is 6.06. The van der Waals surface area contributed by atoms with E-state index in [9.17, 15) is 0 Å². The summed E-state index contributed by atoms with van der Waals surface area (Å²) in [6.07, 6.45) is 0.777. The van der Waals surface area contributed by atoms with Crippen molar-refractivity contribution in [2.75, 3.05) is 11.4 Å². The second kappa shape index (κ2) is 6.02. The Labute approximate surface area is 119 Å². The van der Waals surface area contributed by atoms with Crippen molar-refractivity contribution in [1.82, 2.24) is 9.97 Å². The number of rotatable bonds is 4. The van der Waals surface area contributed by atoms with Gasteiger partial charge in [-0.1, -0.05) is 36.2 Å². The molecule has 0 fully saturated rings. The normalized spacial score (nSPS) is 10.5. The van der Waals surface area contributed by atoms with Crippen molar-refractivity contribution >= 4 is 23.1 Å². The van der Waals surface area contributed by atoms with Crippen molar-refractivity contribution in [3.05, 3.63) is 46.9 Å². The first kappa shape index (κ1) is 13.8. The lowest BCUT2D eigenvalue weighted by atomic mass is 10.2. The van der Waals surface area contributed by atoms with Gasteiger partial charge in [0.05, 0.1) is 0 Å². The van der Waals surface area contributed by atoms with Crippen LogP contribution in [0.5, 0.6) is 0 Å². The summed E-state index contributed by atoms with van der Waals surface area (Å²) in [7, 11) is 0. The predicted octanol–water partition coefficient (Wildman–Crippen LogP) is 4.16. The Balaban J connectivity index is 2.41. The molecule has 19 heavy (non-hydrogen) atoms. The van der Waals surface area contributed by atoms with Gasteiger partial charge in [-0.2, -0.15) is 0 Å². The molecular weight excluding hydrogens is 258 g/mol. The number of anilines is 2. The summed E-state index contributed by atoms with van der Waals surface area (Å²) in [6.45, 7) is 7.04. The van der Waals surface area contributed by atoms with Gasteiger partial charge in [-0.05, 0) is 26.0 Å². The third-order valence-electron chi connectivity index (χ3n) is 2.98. The summed E-state index contributed by atoms with van der Waals surface area (Å²) in [6, 6.07) is 10.2. The van der Waals surface area contributed by atoms with E-state index >= 15 is 0 Å². The molecule has 0 bridgehead atoms. The number of hydrogen-bond acceptors (Lipinski definition) is 3. The van der Waals surface area contributed by atoms with Gasteiger partial charge >= 0.3 is 0 Å². The van der Waals surface area contributed by atoms with E-state index in [-0.39, 0.29) is 0 Å². The van der Waals surface area contributed by atoms with E-state index in [2.05, 4.69) is 53.0 Å². The lowest BCUT2D eigenvalue weighted by molar-refractivity contribution is 0.903. The van der Waals surface area contributed by atoms with E-state index < -0.39 is 0 Å². The van der Waals surface area contributed by atoms with Crippen LogP contribution >= 0.6 is 11.6 Å². The monoisotopic (exact) mass is 275 g/mol. The third-order valence-corrected chi connectivity index (χ3v) is 3.18. The van der Waals surface area contributed by atoms with Crippen LogP contribution in [0.15, 0.2) is 30.3 Å². The smallest absolute Gasteiger partial charge is 0.138 e. The Morgan fingerprint density at radius 2 is 1.79 bits per heavy atom. The van der Waals surface area contributed by atoms with Crippen molar-refractivity contribution in [3.63, 3.8) is 0 Å². The summed E-state index contributed by atoms with van der Waals surface area (Å²) in [5.74, 6) is 1.62. The van der Waals surface area contributed by atoms with Crippen LogP contribution in [-0.2, 0) is 6.42 Å². The minimum Gasteiger partial charge on any atom is -0.327 e. The van der Waals surface area contributed by atoms with E-state index in [4.69, 9.17) is 11.6 Å². The van der Waals surface area contributed by atoms with Gasteiger partial charge in [-0.25, -0.2) is 9.97 Å². The number of benzene rings is 1. The third kappa shape index (κ3) is 3.24. The molecule has 100 valence electrons. The molecule has 0 amide bonds. The molecule has 2 aromatic rings. The molecule has 0 N–H and O–H groups in total. The largest absolute Gasteiger partial charge is 0.327 e. The topological polar surface area (TPSA) is 29.0 Å². The first-order chi connectivity index (χ1) is 9.13. The van der Waals surface area contributed by atoms with Gasteiger partial charge < -0.3 is 4.90 Å². The minimum atomic E-state index is 0.493. The van der Waals surface area contributed by atoms with Gasteiger partial charge in [0.2, 0.25) is 0 Å². The van der Waals surface area contributed by atoms with Crippen molar-refractivity contribution < 1.29 is 0 Å². The predicted molar refractivity (Wildman–Crippen MR) is 80.3 cm³/mol. The number of nitrogens with zero attached hydrogens (tertiary/aromatic N) is 3. The molecule has 0 saturated carbocycles. The maximum atomic E-state index is 6.06. The maximum Gasteiger partial charge on any atom is 0.138 e. The molecule has 2 rings (SSSR count). The van der Waals surface area contributed by atoms with Crippen LogP contribution in [0.3, 0.4) is 0 Å². The molecule has 0 radical (unpaired) electrons. The molecule has 0 spiro atoms. The standard InChI is InChI=1S/C15H18ClN3/c1-4-14-17-13(16)10-15(18-14)19(5-2)12-8-6-11(3)7-9-12/h6-10H,4-5H2,1-3H3. The number of hydrogen-bond donors (Lipinski definition) is 0. The molecule has 0 aliphatic carbocycles. The summed E-state index contributed by atoms with van der Waals surface area (Å²) in [5.41, 5.74) is 2.36. The van der Waals surface area contributed by atoms with Crippen molar-refractivity contribution in [2.45, 2.75) is 27.2 Å². The molecule has 0 aliphatic heterocycles. The van der Waals surface area contributed by atoms with Gasteiger partial charge in [0.15, 0.2) is 0 Å². The van der Waals surface area contributed by atoms with E-state index in [1.54, 1.807) is 0 Å². The minimum absolute atomic E-state index is 0.493. The number of aryl methyl sites for hydroxylation is 2. The van der Waals surface area contributed by atoms with Crippen LogP contribution < -0.4 is 4.90 Å². The van der Waals surface area contributed by atoms with Gasteiger partial charge in [0.1, 0.15) is 16.8 Å². The average molecular weight is 276 g/mol. The fourth-order valence-electron chi connectivity index (χ4n) is 1.95. The van der Waals surface area contributed by atoms with E-state index in [0.717, 1.165) is 30.3 Å². The fourth-order valence-corrected chi connectivity index (χ4v) is 2.14. The molecular formula is C15H18ClN3. The second-order valence-electron chi connectivity index (χ2n) is 4.40. The molecule has 0 unspecified atom stereocenters. The Bertz CT molecular complexity index is 552. The molecule has 1 heterocycles. The summed E-state index contributed by atoms with van der Waals surface area (Å²) < 4.78 is 0. The molecule has 1 aromatic carbocycles. The maximum absolute atomic E-state index is 6.06. The highest BCUT2D eigenvalue weighted by atomic mass is 35.5. The highest BCUT2D eigenvalue weighted by Gasteiger charge is 2.11. The SMILES string of the molecule is CCc1nc(Cl)cc(N(CC)c2ccc(C)cc2)n1. The number of aromatic nitrogens is 2. The van der Waals surface area contributed by atoms with Crippen LogP contribution in [0.25, 0.3) is 0 Å². The average Bonchev–Trinajstić information content (AvgIpc) is 2.41. The lowest BCUT2D eigenvalue weighted by Gasteiger charge is -2.22. The summed E-state index contributed by atoms with van der Waals surface area (Å²) in [4.78, 5) is 10.9. The zero-order valence-electron chi connectivity index (χ0n) is 11.5. The first-order valence-electron chi connectivity index (χ1n) is 6.51. The van der Waals surface area contributed by atoms with Crippen molar-refractivity contribution in [2.24, 2.45) is 0 Å². The lowest BCUT2D eigenvalue weighted by Crippen LogP contribution is -2.18. The molecule has 0 saturated heterocycles. The Morgan fingerprint density at radius 3 is 2.37 bits per heavy atom. The van der Waals surface area contributed by atoms with Crippen LogP contribution in [0, 0.1) is 6.92 Å². The van der Waals surface area contributed by atoms with Crippen LogP contribution in [0.4, 0.5) is 11.5 Å². The summed E-state index contributed by atoms with van der Waals surface area (Å²) in [5, 5.41) is 0.493. The fraction of sp³-hybridized carbons (Fsp3) is 0.333. The second-order valence-corrected chi connectivity index (χ2v) is 4.79. The van der Waals surface area contributed by atoms with Gasteiger partial charge in [-0.15, -0.1) is 0 Å². The first-order valence-corrected chi connectivity index (χ1v) is 6.89. The van der Waals surface area contributed by atoms with Gasteiger partial charge in [0.25, 0.3) is 0 Å². The van der Waals surface area contributed by atoms with Crippen molar-refractivity contribution in [1.29, 1.82) is 0 Å². The van der Waals surface area contributed by atoms with Crippen molar-refractivity contribution in [3.8, 4) is 0 Å². The molecule has 4 heteroatoms. The molecule has 0 atom stereocenters. The molecule has 3 nitrogen and oxygen atoms in total. The Hall–Kier alpha value is -1.61. The quantitative estimate of drug-likeness (QED) is 0.785. The Kier molecular flexibility index (Phi) is 4.38. The van der Waals surface area contributed by atoms with Gasteiger partial charge in [-0.3, -0.25) is 0 Å². The van der Waals surface area contributed by atoms with E-state index in [0.29, 0.717) is 5.15 Å². The van der Waals surface area contributed by atoms with Crippen LogP contribution in [-0.4, -0.2) is 16.5 Å². The molecule has 1 aromatic heterocycles. The van der Waals surface area contributed by atoms with E-state index in [1.165, 1.54) is 5.56 Å². The number of halogens is 1. The van der Waals surface area contributed by atoms with Gasteiger partial charge in [0, 0.05) is 24.7 Å². The zero-order valence-corrected chi connectivity index (χ0v) is 12.3. The van der Waals surface area contributed by atoms with E-state index in [1.807, 2.05) is 13.0 Å². The van der Waals surface area contributed by atoms with Crippen LogP contribution in [0.2, 0.25) is 5.15 Å².